The van der Waals surface area contributed by atoms with Gasteiger partial charge in [0.25, 0.3) is 5.56 Å². The first-order valence-corrected chi connectivity index (χ1v) is 11.5. The minimum absolute atomic E-state index is 0.0694. The molecular weight excluding hydrogens is 436 g/mol. The summed E-state index contributed by atoms with van der Waals surface area (Å²) >= 11 is 1.38. The van der Waals surface area contributed by atoms with Gasteiger partial charge in [-0.05, 0) is 55.0 Å². The van der Waals surface area contributed by atoms with Crippen molar-refractivity contribution in [3.8, 4) is 17.2 Å². The van der Waals surface area contributed by atoms with E-state index in [2.05, 4.69) is 4.98 Å². The molecule has 0 amide bonds. The number of para-hydroxylation sites is 3. The fourth-order valence-electron chi connectivity index (χ4n) is 3.59. The topological polar surface area (TPSA) is 62.1 Å². The molecule has 0 fully saturated rings. The van der Waals surface area contributed by atoms with E-state index in [0.29, 0.717) is 40.8 Å². The first-order chi connectivity index (χ1) is 16.2. The average Bonchev–Trinajstić information content (AvgIpc) is 3.35. The lowest BCUT2D eigenvalue weighted by Crippen LogP contribution is -2.22. The van der Waals surface area contributed by atoms with Gasteiger partial charge in [-0.2, -0.15) is 0 Å². The van der Waals surface area contributed by atoms with Crippen LogP contribution in [0.2, 0.25) is 0 Å². The van der Waals surface area contributed by atoms with Crippen LogP contribution >= 0.6 is 11.3 Å². The maximum atomic E-state index is 13.0. The summed E-state index contributed by atoms with van der Waals surface area (Å²) in [5.74, 6) is 2.07. The molecule has 166 valence electrons. The van der Waals surface area contributed by atoms with Gasteiger partial charge in [-0.3, -0.25) is 4.79 Å². The first-order valence-electron chi connectivity index (χ1n) is 10.7. The highest BCUT2D eigenvalue weighted by atomic mass is 32.1. The number of ether oxygens (including phenoxy) is 3. The van der Waals surface area contributed by atoms with E-state index >= 15 is 0 Å². The predicted molar refractivity (Wildman–Crippen MR) is 131 cm³/mol. The van der Waals surface area contributed by atoms with Crippen LogP contribution in [0.15, 0.2) is 77.6 Å². The van der Waals surface area contributed by atoms with Gasteiger partial charge in [0, 0.05) is 0 Å². The molecule has 5 rings (SSSR count). The molecule has 5 aromatic rings. The molecule has 0 saturated heterocycles. The van der Waals surface area contributed by atoms with Gasteiger partial charge in [-0.25, -0.2) is 9.38 Å². The zero-order valence-electron chi connectivity index (χ0n) is 18.1. The maximum Gasteiger partial charge on any atom is 0.274 e. The van der Waals surface area contributed by atoms with E-state index in [1.807, 2.05) is 85.8 Å². The van der Waals surface area contributed by atoms with Crippen LogP contribution in [0.25, 0.3) is 22.1 Å². The number of nitrogens with zero attached hydrogens (tertiary/aromatic N) is 2. The van der Waals surface area contributed by atoms with Crippen LogP contribution in [0, 0.1) is 0 Å². The predicted octanol–water partition coefficient (Wildman–Crippen LogP) is 4.31. The molecule has 3 aromatic carbocycles. The maximum absolute atomic E-state index is 13.0. The van der Waals surface area contributed by atoms with Crippen LogP contribution in [0.3, 0.4) is 0 Å². The smallest absolute Gasteiger partial charge is 0.274 e. The molecule has 0 bridgehead atoms. The highest BCUT2D eigenvalue weighted by molar-refractivity contribution is 7.15. The fourth-order valence-corrected chi connectivity index (χ4v) is 4.58. The Hall–Kier alpha value is -3.84. The summed E-state index contributed by atoms with van der Waals surface area (Å²) in [6, 6.07) is 22.9. The van der Waals surface area contributed by atoms with Crippen molar-refractivity contribution in [3.05, 3.63) is 93.2 Å². The summed E-state index contributed by atoms with van der Waals surface area (Å²) in [4.78, 5) is 18.3. The number of fused-ring (bicyclic) bond motifs is 3. The van der Waals surface area contributed by atoms with Gasteiger partial charge in [0.1, 0.15) is 19.0 Å². The van der Waals surface area contributed by atoms with Crippen molar-refractivity contribution >= 4 is 33.4 Å². The lowest BCUT2D eigenvalue weighted by molar-refractivity contribution is 0.208. The summed E-state index contributed by atoms with van der Waals surface area (Å²) in [6.45, 7) is 3.24. The van der Waals surface area contributed by atoms with Gasteiger partial charge < -0.3 is 14.2 Å². The molecule has 0 saturated carbocycles. The third kappa shape index (κ3) is 4.40. The second-order valence-electron chi connectivity index (χ2n) is 7.28. The average molecular weight is 459 g/mol. The minimum Gasteiger partial charge on any atom is -0.490 e. The number of imidazole rings is 1. The van der Waals surface area contributed by atoms with E-state index < -0.39 is 0 Å². The lowest BCUT2D eigenvalue weighted by atomic mass is 10.2. The van der Waals surface area contributed by atoms with Gasteiger partial charge in [-0.1, -0.05) is 47.7 Å². The highest BCUT2D eigenvalue weighted by Gasteiger charge is 2.11. The van der Waals surface area contributed by atoms with Crippen molar-refractivity contribution < 1.29 is 14.2 Å². The Bertz CT molecular complexity index is 1510. The van der Waals surface area contributed by atoms with Crippen LogP contribution < -0.4 is 24.3 Å². The standard InChI is InChI=1S/C26H22N2O4S/c1-2-30-23-16-18(12-13-22(23)32-15-14-31-19-8-4-3-5-9-19)17-24-25(29)28-21-11-7-6-10-20(21)27-26(28)33-24/h3-13,16-17H,2,14-15H2,1H3/b24-17+. The van der Waals surface area contributed by atoms with Crippen LogP contribution in [0.5, 0.6) is 17.2 Å². The molecule has 0 atom stereocenters. The van der Waals surface area contributed by atoms with Gasteiger partial charge in [0.05, 0.1) is 22.2 Å². The Morgan fingerprint density at radius 2 is 1.70 bits per heavy atom. The molecule has 0 unspecified atom stereocenters. The molecule has 0 aliphatic carbocycles. The van der Waals surface area contributed by atoms with Crippen LogP contribution in [-0.2, 0) is 0 Å². The van der Waals surface area contributed by atoms with Crippen LogP contribution in [-0.4, -0.2) is 29.2 Å². The molecule has 0 N–H and O–H groups in total. The SMILES string of the molecule is CCOc1cc(/C=c2/sc3nc4ccccc4n3c2=O)ccc1OCCOc1ccccc1. The molecule has 7 heteroatoms. The van der Waals surface area contributed by atoms with Crippen molar-refractivity contribution in [3.63, 3.8) is 0 Å². The monoisotopic (exact) mass is 458 g/mol. The van der Waals surface area contributed by atoms with Gasteiger partial charge in [-0.15, -0.1) is 0 Å². The van der Waals surface area contributed by atoms with E-state index in [1.165, 1.54) is 11.3 Å². The van der Waals surface area contributed by atoms with Gasteiger partial charge >= 0.3 is 0 Å². The molecule has 6 nitrogen and oxygen atoms in total. The zero-order valence-corrected chi connectivity index (χ0v) is 18.9. The Balaban J connectivity index is 1.37. The Labute approximate surface area is 194 Å². The normalized spacial score (nSPS) is 11.8. The molecule has 2 heterocycles. The van der Waals surface area contributed by atoms with Crippen LogP contribution in [0.1, 0.15) is 12.5 Å². The van der Waals surface area contributed by atoms with E-state index in [0.717, 1.165) is 22.3 Å². The number of thiazole rings is 1. The third-order valence-electron chi connectivity index (χ3n) is 5.06. The van der Waals surface area contributed by atoms with E-state index in [1.54, 1.807) is 4.40 Å². The summed E-state index contributed by atoms with van der Waals surface area (Å²) in [7, 11) is 0. The molecule has 0 aliphatic rings. The zero-order chi connectivity index (χ0) is 22.6. The summed E-state index contributed by atoms with van der Waals surface area (Å²) < 4.78 is 19.6. The second kappa shape index (κ2) is 9.34. The molecule has 0 radical (unpaired) electrons. The minimum atomic E-state index is -0.0694. The Morgan fingerprint density at radius 3 is 2.55 bits per heavy atom. The number of aromatic nitrogens is 2. The largest absolute Gasteiger partial charge is 0.490 e. The van der Waals surface area contributed by atoms with E-state index in [9.17, 15) is 4.79 Å². The van der Waals surface area contributed by atoms with Crippen molar-refractivity contribution in [2.75, 3.05) is 19.8 Å². The van der Waals surface area contributed by atoms with Crippen molar-refractivity contribution in [1.29, 1.82) is 0 Å². The number of rotatable bonds is 8. The third-order valence-corrected chi connectivity index (χ3v) is 6.03. The number of hydrogen-bond donors (Lipinski definition) is 0. The summed E-state index contributed by atoms with van der Waals surface area (Å²) in [5.41, 5.74) is 2.44. The van der Waals surface area contributed by atoms with Crippen molar-refractivity contribution in [2.24, 2.45) is 0 Å². The van der Waals surface area contributed by atoms with Crippen molar-refractivity contribution in [1.82, 2.24) is 9.38 Å². The molecule has 0 spiro atoms. The van der Waals surface area contributed by atoms with Crippen molar-refractivity contribution in [2.45, 2.75) is 6.92 Å². The Morgan fingerprint density at radius 1 is 0.909 bits per heavy atom. The quantitative estimate of drug-likeness (QED) is 0.324. The van der Waals surface area contributed by atoms with E-state index in [4.69, 9.17) is 14.2 Å². The molecule has 0 aliphatic heterocycles. The summed E-state index contributed by atoms with van der Waals surface area (Å²) in [5, 5.41) is 0. The molecule has 2 aromatic heterocycles. The second-order valence-corrected chi connectivity index (χ2v) is 8.29. The van der Waals surface area contributed by atoms with Gasteiger partial charge in [0.15, 0.2) is 16.5 Å². The number of benzene rings is 3. The lowest BCUT2D eigenvalue weighted by Gasteiger charge is -2.13. The molecular formula is C26H22N2O4S. The Kier molecular flexibility index (Phi) is 5.95. The van der Waals surface area contributed by atoms with E-state index in [-0.39, 0.29) is 5.56 Å². The highest BCUT2D eigenvalue weighted by Crippen LogP contribution is 2.29. The van der Waals surface area contributed by atoms with Crippen LogP contribution in [0.4, 0.5) is 0 Å². The summed E-state index contributed by atoms with van der Waals surface area (Å²) in [6.07, 6.45) is 1.86. The first kappa shape index (κ1) is 21.0. The van der Waals surface area contributed by atoms with Gasteiger partial charge in [0.2, 0.25) is 0 Å². The number of hydrogen-bond acceptors (Lipinski definition) is 6. The fraction of sp³-hybridized carbons (Fsp3) is 0.154. The molecule has 33 heavy (non-hydrogen) atoms.